The van der Waals surface area contributed by atoms with E-state index in [0.29, 0.717) is 0 Å². The van der Waals surface area contributed by atoms with Crippen LogP contribution >= 0.6 is 0 Å². The molecule has 0 aliphatic rings. The first-order valence-corrected chi connectivity index (χ1v) is 7.00. The summed E-state index contributed by atoms with van der Waals surface area (Å²) < 4.78 is 0. The molecule has 0 amide bonds. The van der Waals surface area contributed by atoms with Crippen molar-refractivity contribution in [2.75, 3.05) is 5.32 Å². The van der Waals surface area contributed by atoms with Gasteiger partial charge in [-0.1, -0.05) is 30.3 Å². The van der Waals surface area contributed by atoms with Crippen LogP contribution in [0.25, 0.3) is 10.9 Å². The summed E-state index contributed by atoms with van der Waals surface area (Å²) in [6.45, 7) is 3.99. The first-order valence-electron chi connectivity index (χ1n) is 7.00. The third-order valence-corrected chi connectivity index (χ3v) is 3.57. The van der Waals surface area contributed by atoms with Gasteiger partial charge in [0.2, 0.25) is 0 Å². The van der Waals surface area contributed by atoms with Crippen LogP contribution < -0.4 is 10.4 Å². The highest BCUT2D eigenvalue weighted by atomic mass is 16.4. The number of carboxylic acids is 1. The number of aryl methyl sites for hydroxylation is 2. The molecule has 1 aromatic heterocycles. The number of nitrogens with one attached hydrogen (secondary N) is 1. The van der Waals surface area contributed by atoms with Crippen LogP contribution in [-0.4, -0.2) is 11.0 Å². The Balaban J connectivity index is 2.03. The topological polar surface area (TPSA) is 65.0 Å². The van der Waals surface area contributed by atoms with E-state index in [0.717, 1.165) is 33.5 Å². The number of hydrogen-bond donors (Lipinski definition) is 1. The number of nitrogens with zero attached hydrogens (tertiary/aromatic N) is 1. The Morgan fingerprint density at radius 3 is 2.50 bits per heavy atom. The van der Waals surface area contributed by atoms with E-state index >= 15 is 0 Å². The second kappa shape index (κ2) is 5.48. The number of aromatic nitrogens is 1. The fourth-order valence-electron chi connectivity index (χ4n) is 2.47. The minimum absolute atomic E-state index is 0.164. The summed E-state index contributed by atoms with van der Waals surface area (Å²) in [4.78, 5) is 15.4. The van der Waals surface area contributed by atoms with E-state index in [4.69, 9.17) is 0 Å². The zero-order valence-electron chi connectivity index (χ0n) is 12.4. The highest BCUT2D eigenvalue weighted by Crippen LogP contribution is 2.28. The van der Waals surface area contributed by atoms with Crippen molar-refractivity contribution in [2.24, 2.45) is 0 Å². The summed E-state index contributed by atoms with van der Waals surface area (Å²) in [5.74, 6) is -1.17. The van der Waals surface area contributed by atoms with Gasteiger partial charge in [-0.05, 0) is 43.2 Å². The van der Waals surface area contributed by atoms with Crippen LogP contribution in [0.3, 0.4) is 0 Å². The van der Waals surface area contributed by atoms with Gasteiger partial charge < -0.3 is 15.2 Å². The van der Waals surface area contributed by atoms with Gasteiger partial charge in [0.15, 0.2) is 0 Å². The number of carbonyl (C=O) groups excluding carboxylic acids is 1. The van der Waals surface area contributed by atoms with E-state index in [1.807, 2.05) is 38.1 Å². The van der Waals surface area contributed by atoms with Crippen molar-refractivity contribution < 1.29 is 9.90 Å². The molecule has 0 spiro atoms. The highest BCUT2D eigenvalue weighted by Gasteiger charge is 2.06. The molecule has 4 nitrogen and oxygen atoms in total. The molecule has 0 bridgehead atoms. The zero-order chi connectivity index (χ0) is 15.7. The molecule has 110 valence electrons. The number of carboxylic acid groups (broad SMARTS) is 1. The summed E-state index contributed by atoms with van der Waals surface area (Å²) in [6, 6.07) is 14.5. The molecule has 3 aromatic rings. The Morgan fingerprint density at radius 2 is 1.82 bits per heavy atom. The van der Waals surface area contributed by atoms with Crippen LogP contribution in [0.4, 0.5) is 11.4 Å². The normalized spacial score (nSPS) is 10.6. The lowest BCUT2D eigenvalue weighted by molar-refractivity contribution is -0.255. The van der Waals surface area contributed by atoms with Crippen LogP contribution in [0.1, 0.15) is 21.6 Å². The first-order chi connectivity index (χ1) is 10.5. The van der Waals surface area contributed by atoms with E-state index in [-0.39, 0.29) is 5.56 Å². The van der Waals surface area contributed by atoms with Crippen LogP contribution in [0.2, 0.25) is 0 Å². The average molecular weight is 291 g/mol. The number of pyridine rings is 1. The summed E-state index contributed by atoms with van der Waals surface area (Å²) in [5, 5.41) is 15.2. The Labute approximate surface area is 128 Å². The van der Waals surface area contributed by atoms with Gasteiger partial charge in [0, 0.05) is 22.5 Å². The number of anilines is 2. The van der Waals surface area contributed by atoms with Gasteiger partial charge >= 0.3 is 0 Å². The SMILES string of the molecule is Cc1cc(Nc2ccc(C(=O)[O-])cc2)c2cccc(C)c2n1. The molecule has 4 heteroatoms. The monoisotopic (exact) mass is 291 g/mol. The average Bonchev–Trinajstić information content (AvgIpc) is 2.49. The Morgan fingerprint density at radius 1 is 1.09 bits per heavy atom. The van der Waals surface area contributed by atoms with Gasteiger partial charge in [-0.3, -0.25) is 4.98 Å². The molecule has 1 N–H and O–H groups in total. The molecule has 1 heterocycles. The summed E-state index contributed by atoms with van der Waals surface area (Å²) in [7, 11) is 0. The number of para-hydroxylation sites is 1. The van der Waals surface area contributed by atoms with Gasteiger partial charge in [0.1, 0.15) is 0 Å². The quantitative estimate of drug-likeness (QED) is 0.805. The maximum Gasteiger partial charge on any atom is 0.0755 e. The minimum atomic E-state index is -1.17. The van der Waals surface area contributed by atoms with Gasteiger partial charge in [0.05, 0.1) is 11.5 Å². The van der Waals surface area contributed by atoms with Crippen LogP contribution in [0, 0.1) is 13.8 Å². The van der Waals surface area contributed by atoms with Crippen molar-refractivity contribution in [3.8, 4) is 0 Å². The number of aromatic carboxylic acids is 1. The molecule has 0 unspecified atom stereocenters. The summed E-state index contributed by atoms with van der Waals surface area (Å²) >= 11 is 0. The summed E-state index contributed by atoms with van der Waals surface area (Å²) in [5.41, 5.74) is 4.95. The Bertz CT molecular complexity index is 855. The first kappa shape index (κ1) is 14.1. The lowest BCUT2D eigenvalue weighted by Crippen LogP contribution is -2.21. The maximum atomic E-state index is 10.8. The van der Waals surface area contributed by atoms with E-state index in [1.54, 1.807) is 12.1 Å². The van der Waals surface area contributed by atoms with E-state index < -0.39 is 5.97 Å². The second-order valence-electron chi connectivity index (χ2n) is 5.27. The fourth-order valence-corrected chi connectivity index (χ4v) is 2.47. The number of fused-ring (bicyclic) bond motifs is 1. The van der Waals surface area contributed by atoms with Crippen molar-refractivity contribution in [3.05, 3.63) is 65.4 Å². The standard InChI is InChI=1S/C18H16N2O2/c1-11-4-3-5-15-16(10-12(2)19-17(11)15)20-14-8-6-13(7-9-14)18(21)22/h3-10H,1-2H3,(H,19,20)(H,21,22)/p-1. The van der Waals surface area contributed by atoms with Crippen molar-refractivity contribution in [3.63, 3.8) is 0 Å². The van der Waals surface area contributed by atoms with Gasteiger partial charge in [-0.25, -0.2) is 0 Å². The molecule has 0 atom stereocenters. The molecule has 0 saturated carbocycles. The molecule has 22 heavy (non-hydrogen) atoms. The second-order valence-corrected chi connectivity index (χ2v) is 5.27. The van der Waals surface area contributed by atoms with Crippen LogP contribution in [0.15, 0.2) is 48.5 Å². The third-order valence-electron chi connectivity index (χ3n) is 3.57. The minimum Gasteiger partial charge on any atom is -0.545 e. The third kappa shape index (κ3) is 2.63. The predicted octanol–water partition coefficient (Wildman–Crippen LogP) is 2.96. The van der Waals surface area contributed by atoms with Crippen molar-refractivity contribution in [1.29, 1.82) is 0 Å². The molecule has 0 aliphatic heterocycles. The highest BCUT2D eigenvalue weighted by molar-refractivity contribution is 5.95. The van der Waals surface area contributed by atoms with Crippen molar-refractivity contribution in [2.45, 2.75) is 13.8 Å². The van der Waals surface area contributed by atoms with E-state index in [2.05, 4.69) is 10.3 Å². The van der Waals surface area contributed by atoms with Crippen molar-refractivity contribution in [1.82, 2.24) is 4.98 Å². The van der Waals surface area contributed by atoms with E-state index in [9.17, 15) is 9.90 Å². The zero-order valence-corrected chi connectivity index (χ0v) is 12.4. The van der Waals surface area contributed by atoms with Crippen molar-refractivity contribution >= 4 is 28.2 Å². The number of carbonyl (C=O) groups is 1. The van der Waals surface area contributed by atoms with Gasteiger partial charge in [0.25, 0.3) is 0 Å². The fraction of sp³-hybridized carbons (Fsp3) is 0.111. The van der Waals surface area contributed by atoms with E-state index in [1.165, 1.54) is 12.1 Å². The lowest BCUT2D eigenvalue weighted by atomic mass is 10.1. The molecular weight excluding hydrogens is 276 g/mol. The largest absolute Gasteiger partial charge is 0.545 e. The van der Waals surface area contributed by atoms with Gasteiger partial charge in [-0.15, -0.1) is 0 Å². The summed E-state index contributed by atoms with van der Waals surface area (Å²) in [6.07, 6.45) is 0. The van der Waals surface area contributed by atoms with Crippen LogP contribution in [0.5, 0.6) is 0 Å². The molecule has 2 aromatic carbocycles. The Hall–Kier alpha value is -2.88. The van der Waals surface area contributed by atoms with Gasteiger partial charge in [-0.2, -0.15) is 0 Å². The Kier molecular flexibility index (Phi) is 3.51. The molecule has 0 saturated heterocycles. The van der Waals surface area contributed by atoms with Crippen LogP contribution in [-0.2, 0) is 0 Å². The molecule has 0 radical (unpaired) electrons. The number of benzene rings is 2. The molecule has 0 fully saturated rings. The number of rotatable bonds is 3. The predicted molar refractivity (Wildman–Crippen MR) is 85.3 cm³/mol. The molecule has 0 aliphatic carbocycles. The lowest BCUT2D eigenvalue weighted by Gasteiger charge is -2.12. The molecular formula is C18H15N2O2-. The maximum absolute atomic E-state index is 10.8. The molecule has 3 rings (SSSR count). The smallest absolute Gasteiger partial charge is 0.0755 e. The number of hydrogen-bond acceptors (Lipinski definition) is 4.